The molecule has 0 amide bonds. The molecule has 0 aromatic carbocycles. The van der Waals surface area contributed by atoms with Gasteiger partial charge in [-0.15, -0.1) is 0 Å². The average Bonchev–Trinajstić information content (AvgIpc) is 2.95. The van der Waals surface area contributed by atoms with E-state index < -0.39 is 0 Å². The van der Waals surface area contributed by atoms with E-state index in [1.54, 1.807) is 0 Å². The van der Waals surface area contributed by atoms with Crippen LogP contribution in [0.15, 0.2) is 0 Å². The molecule has 159 valence electrons. The Hall–Kier alpha value is -0.530. The Balaban J connectivity index is 1.78. The van der Waals surface area contributed by atoms with Gasteiger partial charge in [0.2, 0.25) is 0 Å². The molecule has 2 heteroatoms. The van der Waals surface area contributed by atoms with Gasteiger partial charge in [-0.05, 0) is 18.8 Å². The molecule has 0 aliphatic heterocycles. The van der Waals surface area contributed by atoms with Gasteiger partial charge in [-0.2, -0.15) is 0 Å². The van der Waals surface area contributed by atoms with Gasteiger partial charge in [0.05, 0.1) is 6.61 Å². The van der Waals surface area contributed by atoms with Crippen LogP contribution in [0.1, 0.15) is 135 Å². The summed E-state index contributed by atoms with van der Waals surface area (Å²) in [7, 11) is 0. The number of rotatable bonds is 17. The molecular weight excluding hydrogens is 332 g/mol. The zero-order valence-electron chi connectivity index (χ0n) is 18.2. The number of carbonyl (C=O) groups is 1. The quantitative estimate of drug-likeness (QED) is 0.145. The van der Waals surface area contributed by atoms with Crippen LogP contribution in [0.4, 0.5) is 0 Å². The second-order valence-corrected chi connectivity index (χ2v) is 8.71. The van der Waals surface area contributed by atoms with Crippen LogP contribution >= 0.6 is 0 Å². The third-order valence-corrected chi connectivity index (χ3v) is 6.13. The van der Waals surface area contributed by atoms with Gasteiger partial charge in [0.25, 0.3) is 0 Å². The molecule has 0 heterocycles. The zero-order valence-corrected chi connectivity index (χ0v) is 18.2. The molecule has 0 bridgehead atoms. The van der Waals surface area contributed by atoms with Gasteiger partial charge in [0.15, 0.2) is 0 Å². The lowest BCUT2D eigenvalue weighted by molar-refractivity contribution is -0.143. The summed E-state index contributed by atoms with van der Waals surface area (Å²) in [5.41, 5.74) is 0. The minimum absolute atomic E-state index is 0.0203. The number of carbonyl (C=O) groups excluding carboxylic acids is 1. The molecule has 0 saturated heterocycles. The Morgan fingerprint density at radius 3 is 1.89 bits per heavy atom. The molecule has 1 radical (unpaired) electrons. The van der Waals surface area contributed by atoms with Crippen LogP contribution in [0, 0.1) is 12.8 Å². The molecule has 0 atom stereocenters. The van der Waals surface area contributed by atoms with E-state index in [9.17, 15) is 4.79 Å². The Labute approximate surface area is 170 Å². The maximum atomic E-state index is 11.8. The monoisotopic (exact) mass is 379 g/mol. The van der Waals surface area contributed by atoms with Crippen LogP contribution in [0.25, 0.3) is 0 Å². The van der Waals surface area contributed by atoms with Crippen molar-refractivity contribution in [3.8, 4) is 0 Å². The maximum Gasteiger partial charge on any atom is 0.305 e. The normalized spacial score (nSPS) is 15.6. The zero-order chi connectivity index (χ0) is 19.4. The number of unbranched alkanes of at least 4 members (excludes halogenated alkanes) is 11. The molecule has 0 unspecified atom stereocenters. The molecule has 0 aromatic heterocycles. The molecule has 0 spiro atoms. The molecule has 2 nitrogen and oxygen atoms in total. The fourth-order valence-corrected chi connectivity index (χ4v) is 4.31. The molecular formula is C25H47O2. The van der Waals surface area contributed by atoms with Crippen molar-refractivity contribution in [3.63, 3.8) is 0 Å². The van der Waals surface area contributed by atoms with Crippen LogP contribution in [0.2, 0.25) is 0 Å². The van der Waals surface area contributed by atoms with Gasteiger partial charge in [-0.3, -0.25) is 4.79 Å². The standard InChI is InChI=1S/C25H47O2/c1-2-3-4-5-6-7-8-9-10-17-22-25(26)27-23-18-13-16-21-24-19-14-11-12-15-20-24/h24H,1-23H2. The van der Waals surface area contributed by atoms with Gasteiger partial charge in [-0.1, -0.05) is 122 Å². The van der Waals surface area contributed by atoms with E-state index in [1.165, 1.54) is 109 Å². The maximum absolute atomic E-state index is 11.8. The van der Waals surface area contributed by atoms with Crippen molar-refractivity contribution in [1.82, 2.24) is 0 Å². The Bertz CT molecular complexity index is 318. The van der Waals surface area contributed by atoms with Crippen LogP contribution in [-0.2, 0) is 9.53 Å². The van der Waals surface area contributed by atoms with Crippen molar-refractivity contribution >= 4 is 5.97 Å². The van der Waals surface area contributed by atoms with Crippen molar-refractivity contribution < 1.29 is 9.53 Å². The summed E-state index contributed by atoms with van der Waals surface area (Å²) in [6.07, 6.45) is 26.8. The van der Waals surface area contributed by atoms with E-state index in [0.29, 0.717) is 13.0 Å². The predicted molar refractivity (Wildman–Crippen MR) is 117 cm³/mol. The third-order valence-electron chi connectivity index (χ3n) is 6.13. The van der Waals surface area contributed by atoms with Gasteiger partial charge >= 0.3 is 5.97 Å². The fourth-order valence-electron chi connectivity index (χ4n) is 4.31. The van der Waals surface area contributed by atoms with Gasteiger partial charge in [0, 0.05) is 6.42 Å². The first kappa shape index (κ1) is 24.5. The lowest BCUT2D eigenvalue weighted by Crippen LogP contribution is -2.06. The Morgan fingerprint density at radius 1 is 0.704 bits per heavy atom. The van der Waals surface area contributed by atoms with Crippen LogP contribution < -0.4 is 0 Å². The van der Waals surface area contributed by atoms with Crippen LogP contribution in [-0.4, -0.2) is 12.6 Å². The van der Waals surface area contributed by atoms with E-state index in [-0.39, 0.29) is 5.97 Å². The van der Waals surface area contributed by atoms with E-state index >= 15 is 0 Å². The molecule has 1 aliphatic rings. The highest BCUT2D eigenvalue weighted by Crippen LogP contribution is 2.27. The number of esters is 1. The summed E-state index contributed by atoms with van der Waals surface area (Å²) >= 11 is 0. The van der Waals surface area contributed by atoms with E-state index in [4.69, 9.17) is 4.74 Å². The summed E-state index contributed by atoms with van der Waals surface area (Å²) in [4.78, 5) is 11.8. The third kappa shape index (κ3) is 16.2. The molecule has 1 aliphatic carbocycles. The minimum atomic E-state index is 0.0203. The van der Waals surface area contributed by atoms with E-state index in [1.807, 2.05) is 0 Å². The molecule has 0 N–H and O–H groups in total. The summed E-state index contributed by atoms with van der Waals surface area (Å²) in [6, 6.07) is 0. The summed E-state index contributed by atoms with van der Waals surface area (Å²) in [6.45, 7) is 4.52. The molecule has 1 rings (SSSR count). The molecule has 0 aromatic rings. The highest BCUT2D eigenvalue weighted by molar-refractivity contribution is 5.69. The summed E-state index contributed by atoms with van der Waals surface area (Å²) in [5, 5.41) is 0. The van der Waals surface area contributed by atoms with Crippen molar-refractivity contribution in [2.24, 2.45) is 5.92 Å². The molecule has 27 heavy (non-hydrogen) atoms. The number of hydrogen-bond acceptors (Lipinski definition) is 2. The topological polar surface area (TPSA) is 26.3 Å². The largest absolute Gasteiger partial charge is 0.466 e. The second-order valence-electron chi connectivity index (χ2n) is 8.71. The first-order valence-corrected chi connectivity index (χ1v) is 12.3. The Kier molecular flexibility index (Phi) is 17.1. The number of hydrogen-bond donors (Lipinski definition) is 0. The highest BCUT2D eigenvalue weighted by Gasteiger charge is 2.11. The summed E-state index contributed by atoms with van der Waals surface area (Å²) < 4.78 is 5.39. The SMILES string of the molecule is [CH2]CCCCCCCCCCCC(=O)OCCCCCC1CCCCCC1. The lowest BCUT2D eigenvalue weighted by Gasteiger charge is -2.13. The van der Waals surface area contributed by atoms with Crippen molar-refractivity contribution in [2.45, 2.75) is 135 Å². The van der Waals surface area contributed by atoms with Crippen LogP contribution in [0.5, 0.6) is 0 Å². The first-order chi connectivity index (χ1) is 13.3. The van der Waals surface area contributed by atoms with Gasteiger partial charge < -0.3 is 4.74 Å². The van der Waals surface area contributed by atoms with Gasteiger partial charge in [-0.25, -0.2) is 0 Å². The smallest absolute Gasteiger partial charge is 0.305 e. The van der Waals surface area contributed by atoms with E-state index in [2.05, 4.69) is 6.92 Å². The molecule has 1 saturated carbocycles. The molecule has 1 fully saturated rings. The van der Waals surface area contributed by atoms with Crippen molar-refractivity contribution in [2.75, 3.05) is 6.61 Å². The predicted octanol–water partition coefficient (Wildman–Crippen LogP) is 8.19. The Morgan fingerprint density at radius 2 is 1.26 bits per heavy atom. The van der Waals surface area contributed by atoms with Crippen molar-refractivity contribution in [1.29, 1.82) is 0 Å². The van der Waals surface area contributed by atoms with Crippen molar-refractivity contribution in [3.05, 3.63) is 6.92 Å². The fraction of sp³-hybridized carbons (Fsp3) is 0.920. The van der Waals surface area contributed by atoms with Gasteiger partial charge in [0.1, 0.15) is 0 Å². The highest BCUT2D eigenvalue weighted by atomic mass is 16.5. The second kappa shape index (κ2) is 18.8. The van der Waals surface area contributed by atoms with Crippen LogP contribution in [0.3, 0.4) is 0 Å². The van der Waals surface area contributed by atoms with E-state index in [0.717, 1.165) is 25.2 Å². The minimum Gasteiger partial charge on any atom is -0.466 e. The first-order valence-electron chi connectivity index (χ1n) is 12.3. The lowest BCUT2D eigenvalue weighted by atomic mass is 9.94. The number of ether oxygens (including phenoxy) is 1. The summed E-state index contributed by atoms with van der Waals surface area (Å²) in [5.74, 6) is 0.996. The average molecular weight is 380 g/mol.